The molecule has 21 heavy (non-hydrogen) atoms. The number of benzene rings is 1. The van der Waals surface area contributed by atoms with E-state index >= 15 is 0 Å². The Balaban J connectivity index is 2.00. The van der Waals surface area contributed by atoms with Crippen LogP contribution < -0.4 is 4.72 Å². The fourth-order valence-electron chi connectivity index (χ4n) is 2.78. The standard InChI is InChI=1S/C15H21NO4S/c17-15(18)14(10-12-6-2-1-3-7-12)16-21(19,20)11-13-8-4-5-9-13/h1-3,6-7,13-14,16H,4-5,8-11H2,(H,17,18)/t14-/m1/s1. The summed E-state index contributed by atoms with van der Waals surface area (Å²) in [5.41, 5.74) is 0.800. The fraction of sp³-hybridized carbons (Fsp3) is 0.533. The molecule has 0 heterocycles. The quantitative estimate of drug-likeness (QED) is 0.804. The topological polar surface area (TPSA) is 83.5 Å². The Bertz CT molecular complexity index is 565. The minimum atomic E-state index is -3.56. The second-order valence-corrected chi connectivity index (χ2v) is 7.43. The van der Waals surface area contributed by atoms with Crippen molar-refractivity contribution in [3.05, 3.63) is 35.9 Å². The van der Waals surface area contributed by atoms with Crippen LogP contribution in [0.4, 0.5) is 0 Å². The second kappa shape index (κ2) is 7.04. The summed E-state index contributed by atoms with van der Waals surface area (Å²) in [5.74, 6) is -0.950. The molecule has 0 amide bonds. The Morgan fingerprint density at radius 3 is 2.43 bits per heavy atom. The number of aliphatic carboxylic acids is 1. The van der Waals surface area contributed by atoms with Crippen LogP contribution in [0.2, 0.25) is 0 Å². The van der Waals surface area contributed by atoms with Crippen LogP contribution in [0.5, 0.6) is 0 Å². The van der Waals surface area contributed by atoms with Gasteiger partial charge in [-0.25, -0.2) is 13.1 Å². The van der Waals surface area contributed by atoms with Crippen molar-refractivity contribution in [2.45, 2.75) is 38.1 Å². The average molecular weight is 311 g/mol. The summed E-state index contributed by atoms with van der Waals surface area (Å²) in [4.78, 5) is 11.3. The van der Waals surface area contributed by atoms with E-state index in [4.69, 9.17) is 0 Å². The minimum Gasteiger partial charge on any atom is -0.480 e. The van der Waals surface area contributed by atoms with Crippen molar-refractivity contribution in [2.75, 3.05) is 5.75 Å². The van der Waals surface area contributed by atoms with Gasteiger partial charge >= 0.3 is 5.97 Å². The maximum Gasteiger partial charge on any atom is 0.322 e. The zero-order valence-corrected chi connectivity index (χ0v) is 12.7. The maximum absolute atomic E-state index is 12.1. The SMILES string of the molecule is O=C(O)[C@@H](Cc1ccccc1)NS(=O)(=O)CC1CCCC1. The van der Waals surface area contributed by atoms with E-state index in [1.807, 2.05) is 6.07 Å². The van der Waals surface area contributed by atoms with Crippen LogP contribution in [-0.4, -0.2) is 31.3 Å². The number of sulfonamides is 1. The highest BCUT2D eigenvalue weighted by Gasteiger charge is 2.28. The van der Waals surface area contributed by atoms with Crippen molar-refractivity contribution in [3.8, 4) is 0 Å². The zero-order valence-electron chi connectivity index (χ0n) is 11.9. The lowest BCUT2D eigenvalue weighted by atomic mass is 10.1. The smallest absolute Gasteiger partial charge is 0.322 e. The molecular weight excluding hydrogens is 290 g/mol. The van der Waals surface area contributed by atoms with Gasteiger partial charge in [0.2, 0.25) is 10.0 Å². The largest absolute Gasteiger partial charge is 0.480 e. The lowest BCUT2D eigenvalue weighted by molar-refractivity contribution is -0.138. The molecule has 1 aromatic carbocycles. The lowest BCUT2D eigenvalue weighted by Crippen LogP contribution is -2.44. The normalized spacial score (nSPS) is 17.7. The van der Waals surface area contributed by atoms with E-state index in [1.54, 1.807) is 24.3 Å². The Morgan fingerprint density at radius 1 is 1.24 bits per heavy atom. The summed E-state index contributed by atoms with van der Waals surface area (Å²) in [6, 6.07) is 7.92. The highest BCUT2D eigenvalue weighted by molar-refractivity contribution is 7.89. The molecule has 0 radical (unpaired) electrons. The molecule has 1 saturated carbocycles. The molecule has 5 nitrogen and oxygen atoms in total. The molecule has 1 atom stereocenters. The van der Waals surface area contributed by atoms with E-state index < -0.39 is 22.0 Å². The number of rotatable bonds is 7. The Hall–Kier alpha value is -1.40. The molecule has 116 valence electrons. The van der Waals surface area contributed by atoms with Crippen LogP contribution in [0.15, 0.2) is 30.3 Å². The molecule has 0 aromatic heterocycles. The van der Waals surface area contributed by atoms with Crippen molar-refractivity contribution in [1.82, 2.24) is 4.72 Å². The third-order valence-corrected chi connectivity index (χ3v) is 5.39. The minimum absolute atomic E-state index is 0.0333. The average Bonchev–Trinajstić information content (AvgIpc) is 2.91. The summed E-state index contributed by atoms with van der Waals surface area (Å²) < 4.78 is 26.6. The molecule has 2 N–H and O–H groups in total. The van der Waals surface area contributed by atoms with Crippen LogP contribution in [0, 0.1) is 5.92 Å². The monoisotopic (exact) mass is 311 g/mol. The van der Waals surface area contributed by atoms with Crippen LogP contribution in [0.25, 0.3) is 0 Å². The molecule has 0 spiro atoms. The predicted octanol–water partition coefficient (Wildman–Crippen LogP) is 1.79. The van der Waals surface area contributed by atoms with E-state index in [-0.39, 0.29) is 18.1 Å². The number of hydrogen-bond acceptors (Lipinski definition) is 3. The highest BCUT2D eigenvalue weighted by Crippen LogP contribution is 2.25. The molecule has 6 heteroatoms. The molecule has 1 aliphatic carbocycles. The first-order valence-corrected chi connectivity index (χ1v) is 8.88. The van der Waals surface area contributed by atoms with E-state index in [0.717, 1.165) is 31.2 Å². The second-order valence-electron chi connectivity index (χ2n) is 5.63. The highest BCUT2D eigenvalue weighted by atomic mass is 32.2. The zero-order chi connectivity index (χ0) is 15.3. The van der Waals surface area contributed by atoms with Crippen molar-refractivity contribution >= 4 is 16.0 Å². The van der Waals surface area contributed by atoms with Crippen molar-refractivity contribution in [1.29, 1.82) is 0 Å². The van der Waals surface area contributed by atoms with Gasteiger partial charge in [0.05, 0.1) is 5.75 Å². The number of hydrogen-bond donors (Lipinski definition) is 2. The van der Waals surface area contributed by atoms with E-state index in [1.165, 1.54) is 0 Å². The first-order chi connectivity index (χ1) is 9.96. The van der Waals surface area contributed by atoms with Crippen molar-refractivity contribution in [3.63, 3.8) is 0 Å². The van der Waals surface area contributed by atoms with Crippen LogP contribution in [-0.2, 0) is 21.2 Å². The third-order valence-electron chi connectivity index (χ3n) is 3.83. The van der Waals surface area contributed by atoms with Gasteiger partial charge in [-0.15, -0.1) is 0 Å². The van der Waals surface area contributed by atoms with Crippen LogP contribution in [0.3, 0.4) is 0 Å². The van der Waals surface area contributed by atoms with Crippen molar-refractivity contribution < 1.29 is 18.3 Å². The molecule has 2 rings (SSSR count). The molecule has 0 bridgehead atoms. The Kier molecular flexibility index (Phi) is 5.36. The third kappa shape index (κ3) is 5.13. The lowest BCUT2D eigenvalue weighted by Gasteiger charge is -2.17. The summed E-state index contributed by atoms with van der Waals surface area (Å²) in [5, 5.41) is 9.23. The maximum atomic E-state index is 12.1. The molecular formula is C15H21NO4S. The first kappa shape index (κ1) is 16.0. The molecule has 1 fully saturated rings. The van der Waals surface area contributed by atoms with Gasteiger partial charge in [0.15, 0.2) is 0 Å². The van der Waals surface area contributed by atoms with E-state index in [2.05, 4.69) is 4.72 Å². The summed E-state index contributed by atoms with van der Waals surface area (Å²) in [7, 11) is -3.56. The summed E-state index contributed by atoms with van der Waals surface area (Å²) >= 11 is 0. The number of carbonyl (C=O) groups is 1. The first-order valence-electron chi connectivity index (χ1n) is 7.23. The predicted molar refractivity (Wildman–Crippen MR) is 80.5 cm³/mol. The van der Waals surface area contributed by atoms with Gasteiger partial charge < -0.3 is 5.11 Å². The van der Waals surface area contributed by atoms with Gasteiger partial charge in [-0.1, -0.05) is 43.2 Å². The van der Waals surface area contributed by atoms with Gasteiger partial charge in [0.25, 0.3) is 0 Å². The van der Waals surface area contributed by atoms with Crippen LogP contribution in [0.1, 0.15) is 31.2 Å². The van der Waals surface area contributed by atoms with Gasteiger partial charge in [-0.05, 0) is 30.7 Å². The number of carboxylic acid groups (broad SMARTS) is 1. The van der Waals surface area contributed by atoms with Gasteiger partial charge in [0, 0.05) is 0 Å². The molecule has 1 aliphatic rings. The molecule has 0 saturated heterocycles. The number of nitrogens with one attached hydrogen (secondary N) is 1. The Labute approximate surface area is 125 Å². The van der Waals surface area contributed by atoms with Gasteiger partial charge in [-0.3, -0.25) is 4.79 Å². The van der Waals surface area contributed by atoms with Crippen molar-refractivity contribution in [2.24, 2.45) is 5.92 Å². The Morgan fingerprint density at radius 2 is 1.86 bits per heavy atom. The van der Waals surface area contributed by atoms with E-state index in [9.17, 15) is 18.3 Å². The van der Waals surface area contributed by atoms with Gasteiger partial charge in [-0.2, -0.15) is 0 Å². The number of carboxylic acids is 1. The molecule has 0 unspecified atom stereocenters. The summed E-state index contributed by atoms with van der Waals surface area (Å²) in [6.07, 6.45) is 4.11. The molecule has 0 aliphatic heterocycles. The summed E-state index contributed by atoms with van der Waals surface area (Å²) in [6.45, 7) is 0. The van der Waals surface area contributed by atoms with Crippen LogP contribution >= 0.6 is 0 Å². The fourth-order valence-corrected chi connectivity index (χ4v) is 4.45. The van der Waals surface area contributed by atoms with Gasteiger partial charge in [0.1, 0.15) is 6.04 Å². The van der Waals surface area contributed by atoms with E-state index in [0.29, 0.717) is 0 Å². The molecule has 1 aromatic rings.